The first-order valence-electron chi connectivity index (χ1n) is 3.83. The Kier molecular flexibility index (Phi) is 3.22. The predicted octanol–water partition coefficient (Wildman–Crippen LogP) is 1.91. The molecule has 0 aliphatic heterocycles. The van der Waals surface area contributed by atoms with Crippen LogP contribution in [0.25, 0.3) is 0 Å². The molecule has 1 atom stereocenters. The highest BCUT2D eigenvalue weighted by molar-refractivity contribution is 5.19. The van der Waals surface area contributed by atoms with Gasteiger partial charge in [0.05, 0.1) is 0 Å². The van der Waals surface area contributed by atoms with Crippen molar-refractivity contribution in [2.24, 2.45) is 5.18 Å². The maximum Gasteiger partial charge on any atom is 0.233 e. The molecule has 6 heteroatoms. The highest BCUT2D eigenvalue weighted by Crippen LogP contribution is 2.17. The van der Waals surface area contributed by atoms with Crippen LogP contribution < -0.4 is 0 Å². The zero-order valence-electron chi connectivity index (χ0n) is 7.09. The van der Waals surface area contributed by atoms with Gasteiger partial charge in [-0.15, -0.1) is 4.91 Å². The van der Waals surface area contributed by atoms with Crippen LogP contribution in [-0.2, 0) is 0 Å². The Bertz CT molecular complexity index is 339. The molecule has 0 radical (unpaired) electrons. The van der Waals surface area contributed by atoms with Gasteiger partial charge >= 0.3 is 0 Å². The van der Waals surface area contributed by atoms with Crippen molar-refractivity contribution in [1.82, 2.24) is 0 Å². The Morgan fingerprint density at radius 2 is 2.00 bits per heavy atom. The van der Waals surface area contributed by atoms with Gasteiger partial charge in [0.15, 0.2) is 6.04 Å². The van der Waals surface area contributed by atoms with Gasteiger partial charge in [0.1, 0.15) is 5.82 Å². The van der Waals surface area contributed by atoms with E-state index in [1.165, 1.54) is 12.1 Å². The summed E-state index contributed by atoms with van der Waals surface area (Å²) in [5.74, 6) is -0.459. The smallest absolute Gasteiger partial charge is 0.233 e. The maximum absolute atomic E-state index is 12.5. The molecule has 0 spiro atoms. The van der Waals surface area contributed by atoms with Gasteiger partial charge in [0.2, 0.25) is 6.54 Å². The Morgan fingerprint density at radius 3 is 2.43 bits per heavy atom. The fourth-order valence-corrected chi connectivity index (χ4v) is 1.03. The quantitative estimate of drug-likeness (QED) is 0.421. The van der Waals surface area contributed by atoms with Gasteiger partial charge < -0.3 is 0 Å². The van der Waals surface area contributed by atoms with Gasteiger partial charge in [-0.25, -0.2) is 4.39 Å². The van der Waals surface area contributed by atoms with E-state index in [1.54, 1.807) is 0 Å². The minimum absolute atomic E-state index is 0.345. The number of halogens is 1. The van der Waals surface area contributed by atoms with Crippen molar-refractivity contribution < 1.29 is 9.31 Å². The molecule has 0 aliphatic carbocycles. The number of nitrogens with zero attached hydrogens (tertiary/aromatic N) is 2. The molecule has 0 saturated carbocycles. The van der Waals surface area contributed by atoms with E-state index in [0.29, 0.717) is 5.56 Å². The Morgan fingerprint density at radius 1 is 1.43 bits per heavy atom. The largest absolute Gasteiger partial charge is 0.264 e. The summed E-state index contributed by atoms with van der Waals surface area (Å²) in [6.45, 7) is -0.574. The van der Waals surface area contributed by atoms with Crippen molar-refractivity contribution in [1.29, 1.82) is 0 Å². The summed E-state index contributed by atoms with van der Waals surface area (Å²) in [6.07, 6.45) is 0. The van der Waals surface area contributed by atoms with E-state index in [2.05, 4.69) is 5.18 Å². The lowest BCUT2D eigenvalue weighted by Gasteiger charge is -2.03. The van der Waals surface area contributed by atoms with Crippen LogP contribution in [0.5, 0.6) is 0 Å². The summed E-state index contributed by atoms with van der Waals surface area (Å²) in [6, 6.07) is 3.84. The minimum atomic E-state index is -1.05. The molecule has 14 heavy (non-hydrogen) atoms. The molecule has 1 aromatic rings. The monoisotopic (exact) mass is 198 g/mol. The second kappa shape index (κ2) is 4.40. The SMILES string of the molecule is O=NC(C[N+](=O)[O-])c1ccc(F)cc1. The first-order valence-corrected chi connectivity index (χ1v) is 3.83. The van der Waals surface area contributed by atoms with Crippen molar-refractivity contribution in [3.8, 4) is 0 Å². The van der Waals surface area contributed by atoms with E-state index >= 15 is 0 Å². The van der Waals surface area contributed by atoms with E-state index in [0.717, 1.165) is 12.1 Å². The first kappa shape index (κ1) is 10.2. The number of nitroso groups, excluding NO2 is 1. The summed E-state index contributed by atoms with van der Waals surface area (Å²) in [7, 11) is 0. The number of rotatable bonds is 4. The van der Waals surface area contributed by atoms with Gasteiger partial charge in [-0.2, -0.15) is 0 Å². The third-order valence-corrected chi connectivity index (χ3v) is 1.70. The molecule has 1 unspecified atom stereocenters. The van der Waals surface area contributed by atoms with Crippen LogP contribution >= 0.6 is 0 Å². The molecule has 74 valence electrons. The number of benzene rings is 1. The summed E-state index contributed by atoms with van der Waals surface area (Å²) in [5.41, 5.74) is 0.345. The standard InChI is InChI=1S/C8H7FN2O3/c9-7-3-1-6(2-4-7)8(10-12)5-11(13)14/h1-4,8H,5H2. The van der Waals surface area contributed by atoms with Gasteiger partial charge in [0, 0.05) is 4.92 Å². The van der Waals surface area contributed by atoms with E-state index in [9.17, 15) is 19.4 Å². The maximum atomic E-state index is 12.5. The normalized spacial score (nSPS) is 12.1. The lowest BCUT2D eigenvalue weighted by Crippen LogP contribution is -2.10. The zero-order chi connectivity index (χ0) is 10.6. The molecule has 0 N–H and O–H groups in total. The number of hydrogen-bond donors (Lipinski definition) is 0. The van der Waals surface area contributed by atoms with E-state index < -0.39 is 23.3 Å². The van der Waals surface area contributed by atoms with Crippen molar-refractivity contribution in [2.75, 3.05) is 6.54 Å². The fourth-order valence-electron chi connectivity index (χ4n) is 1.03. The van der Waals surface area contributed by atoms with Crippen LogP contribution in [0.3, 0.4) is 0 Å². The second-order valence-corrected chi connectivity index (χ2v) is 2.69. The van der Waals surface area contributed by atoms with Crippen LogP contribution in [0.4, 0.5) is 4.39 Å². The molecule has 0 heterocycles. The Labute approximate surface area is 78.7 Å². The molecule has 1 aromatic carbocycles. The molecular weight excluding hydrogens is 191 g/mol. The van der Waals surface area contributed by atoms with Crippen LogP contribution in [0.1, 0.15) is 11.6 Å². The first-order chi connectivity index (χ1) is 6.63. The average Bonchev–Trinajstić information content (AvgIpc) is 2.15. The summed E-state index contributed by atoms with van der Waals surface area (Å²) < 4.78 is 12.5. The van der Waals surface area contributed by atoms with Gasteiger partial charge in [-0.3, -0.25) is 10.1 Å². The molecule has 0 aromatic heterocycles. The van der Waals surface area contributed by atoms with E-state index in [1.807, 2.05) is 0 Å². The highest BCUT2D eigenvalue weighted by atomic mass is 19.1. The molecule has 0 saturated heterocycles. The van der Waals surface area contributed by atoms with E-state index in [4.69, 9.17) is 0 Å². The number of hydrogen-bond acceptors (Lipinski definition) is 4. The molecule has 0 aliphatic rings. The fraction of sp³-hybridized carbons (Fsp3) is 0.250. The predicted molar refractivity (Wildman–Crippen MR) is 46.8 cm³/mol. The Hall–Kier alpha value is -1.85. The summed E-state index contributed by atoms with van der Waals surface area (Å²) in [5, 5.41) is 12.8. The third kappa shape index (κ3) is 2.58. The molecular formula is C8H7FN2O3. The molecule has 0 bridgehead atoms. The van der Waals surface area contributed by atoms with Crippen molar-refractivity contribution in [3.05, 3.63) is 50.7 Å². The molecule has 0 amide bonds. The molecule has 5 nitrogen and oxygen atoms in total. The third-order valence-electron chi connectivity index (χ3n) is 1.70. The zero-order valence-corrected chi connectivity index (χ0v) is 7.09. The van der Waals surface area contributed by atoms with Crippen molar-refractivity contribution in [3.63, 3.8) is 0 Å². The average molecular weight is 198 g/mol. The van der Waals surface area contributed by atoms with E-state index in [-0.39, 0.29) is 0 Å². The van der Waals surface area contributed by atoms with Gasteiger partial charge in [-0.1, -0.05) is 17.3 Å². The van der Waals surface area contributed by atoms with Crippen molar-refractivity contribution in [2.45, 2.75) is 6.04 Å². The lowest BCUT2D eigenvalue weighted by atomic mass is 10.1. The van der Waals surface area contributed by atoms with Gasteiger partial charge in [-0.05, 0) is 17.7 Å². The van der Waals surface area contributed by atoms with Crippen LogP contribution in [0.2, 0.25) is 0 Å². The minimum Gasteiger partial charge on any atom is -0.264 e. The molecule has 1 rings (SSSR count). The second-order valence-electron chi connectivity index (χ2n) is 2.69. The number of nitro groups is 1. The van der Waals surface area contributed by atoms with Crippen LogP contribution in [0, 0.1) is 20.8 Å². The summed E-state index contributed by atoms with van der Waals surface area (Å²) >= 11 is 0. The van der Waals surface area contributed by atoms with Crippen molar-refractivity contribution >= 4 is 0 Å². The van der Waals surface area contributed by atoms with Gasteiger partial charge in [0.25, 0.3) is 0 Å². The van der Waals surface area contributed by atoms with Crippen LogP contribution in [0.15, 0.2) is 29.4 Å². The molecule has 0 fully saturated rings. The summed E-state index contributed by atoms with van der Waals surface area (Å²) in [4.78, 5) is 19.8. The topological polar surface area (TPSA) is 72.6 Å². The highest BCUT2D eigenvalue weighted by Gasteiger charge is 2.17. The Balaban J connectivity index is 2.84. The lowest BCUT2D eigenvalue weighted by molar-refractivity contribution is -0.483. The van der Waals surface area contributed by atoms with Crippen LogP contribution in [-0.4, -0.2) is 11.5 Å².